The van der Waals surface area contributed by atoms with Gasteiger partial charge in [0.25, 0.3) is 0 Å². The Bertz CT molecular complexity index is 276. The number of hydrogen-bond acceptors (Lipinski definition) is 3. The summed E-state index contributed by atoms with van der Waals surface area (Å²) >= 11 is 0. The smallest absolute Gasteiger partial charge is 0.170 e. The van der Waals surface area contributed by atoms with E-state index < -0.39 is 0 Å². The number of nitrogens with zero attached hydrogens (tertiary/aromatic N) is 3. The Labute approximate surface area is 77.9 Å². The number of rotatable bonds is 3. The average molecular weight is 181 g/mol. The lowest BCUT2D eigenvalue weighted by molar-refractivity contribution is 0.111. The van der Waals surface area contributed by atoms with Crippen molar-refractivity contribution in [3.8, 4) is 0 Å². The molecule has 13 heavy (non-hydrogen) atoms. The van der Waals surface area contributed by atoms with Crippen LogP contribution in [0.3, 0.4) is 0 Å². The van der Waals surface area contributed by atoms with Crippen molar-refractivity contribution in [3.05, 3.63) is 11.4 Å². The second-order valence-corrected chi connectivity index (χ2v) is 3.67. The molecule has 0 unspecified atom stereocenters. The van der Waals surface area contributed by atoms with Crippen LogP contribution in [0.15, 0.2) is 0 Å². The summed E-state index contributed by atoms with van der Waals surface area (Å²) in [7, 11) is 0. The molecule has 0 atom stereocenters. The van der Waals surface area contributed by atoms with E-state index in [9.17, 15) is 4.79 Å². The highest BCUT2D eigenvalue weighted by Gasteiger charge is 2.16. The number of hydrogen-bond donors (Lipinski definition) is 0. The minimum atomic E-state index is 0.181. The van der Waals surface area contributed by atoms with E-state index in [1.165, 1.54) is 0 Å². The molecule has 0 fully saturated rings. The fourth-order valence-corrected chi connectivity index (χ4v) is 1.22. The van der Waals surface area contributed by atoms with Crippen molar-refractivity contribution in [2.45, 2.75) is 39.7 Å². The van der Waals surface area contributed by atoms with Gasteiger partial charge >= 0.3 is 0 Å². The highest BCUT2D eigenvalue weighted by Crippen LogP contribution is 2.17. The minimum Gasteiger partial charge on any atom is -0.296 e. The van der Waals surface area contributed by atoms with Gasteiger partial charge in [0.05, 0.1) is 5.69 Å². The van der Waals surface area contributed by atoms with Gasteiger partial charge in [-0.2, -0.15) is 0 Å². The first-order valence-electron chi connectivity index (χ1n) is 4.48. The van der Waals surface area contributed by atoms with Crippen LogP contribution < -0.4 is 0 Å². The van der Waals surface area contributed by atoms with Gasteiger partial charge < -0.3 is 0 Å². The zero-order chi connectivity index (χ0) is 10.0. The molecule has 1 aromatic heterocycles. The van der Waals surface area contributed by atoms with Gasteiger partial charge in [-0.05, 0) is 19.8 Å². The van der Waals surface area contributed by atoms with Crippen LogP contribution in [0, 0.1) is 0 Å². The highest BCUT2D eigenvalue weighted by molar-refractivity contribution is 5.74. The van der Waals surface area contributed by atoms with E-state index in [1.54, 1.807) is 4.68 Å². The van der Waals surface area contributed by atoms with E-state index in [0.717, 1.165) is 12.0 Å². The summed E-state index contributed by atoms with van der Waals surface area (Å²) in [5, 5.41) is 7.93. The Morgan fingerprint density at radius 1 is 1.31 bits per heavy atom. The third-order valence-corrected chi connectivity index (χ3v) is 1.91. The monoisotopic (exact) mass is 181 g/mol. The third-order valence-electron chi connectivity index (χ3n) is 1.91. The van der Waals surface area contributed by atoms with Crippen LogP contribution in [-0.2, 0) is 0 Å². The summed E-state index contributed by atoms with van der Waals surface area (Å²) in [4.78, 5) is 10.8. The molecule has 0 bridgehead atoms. The third kappa shape index (κ3) is 1.76. The van der Waals surface area contributed by atoms with Crippen LogP contribution in [0.4, 0.5) is 0 Å². The number of carbonyl (C=O) groups is 1. The van der Waals surface area contributed by atoms with E-state index in [2.05, 4.69) is 10.3 Å². The standard InChI is InChI=1S/C9H15N3O/c1-6(2)9-8(5-13)12(7(3)4)11-10-9/h5-7H,1-4H3. The maximum atomic E-state index is 10.8. The molecule has 0 saturated heterocycles. The molecule has 0 amide bonds. The number of aldehydes is 1. The summed E-state index contributed by atoms with van der Waals surface area (Å²) in [6.07, 6.45) is 0.829. The van der Waals surface area contributed by atoms with Crippen LogP contribution in [0.2, 0.25) is 0 Å². The largest absolute Gasteiger partial charge is 0.296 e. The summed E-state index contributed by atoms with van der Waals surface area (Å²) in [6, 6.07) is 0.181. The molecule has 0 aliphatic carbocycles. The van der Waals surface area contributed by atoms with Crippen LogP contribution >= 0.6 is 0 Å². The van der Waals surface area contributed by atoms with E-state index in [0.29, 0.717) is 5.69 Å². The molecule has 0 radical (unpaired) electrons. The van der Waals surface area contributed by atoms with Gasteiger partial charge in [0, 0.05) is 6.04 Å². The van der Waals surface area contributed by atoms with E-state index >= 15 is 0 Å². The zero-order valence-electron chi connectivity index (χ0n) is 8.48. The fraction of sp³-hybridized carbons (Fsp3) is 0.667. The molecule has 4 nitrogen and oxygen atoms in total. The fourth-order valence-electron chi connectivity index (χ4n) is 1.22. The molecule has 0 spiro atoms. The van der Waals surface area contributed by atoms with Gasteiger partial charge in [0.2, 0.25) is 0 Å². The average Bonchev–Trinajstić information content (AvgIpc) is 2.46. The molecule has 1 aromatic rings. The van der Waals surface area contributed by atoms with E-state index in [-0.39, 0.29) is 12.0 Å². The Morgan fingerprint density at radius 3 is 2.31 bits per heavy atom. The predicted molar refractivity (Wildman–Crippen MR) is 49.9 cm³/mol. The van der Waals surface area contributed by atoms with Gasteiger partial charge in [-0.15, -0.1) is 5.10 Å². The van der Waals surface area contributed by atoms with Crippen molar-refractivity contribution in [2.24, 2.45) is 0 Å². The topological polar surface area (TPSA) is 47.8 Å². The first kappa shape index (κ1) is 9.89. The minimum absolute atomic E-state index is 0.181. The lowest BCUT2D eigenvalue weighted by Crippen LogP contribution is -2.08. The molecular weight excluding hydrogens is 166 g/mol. The molecule has 0 aliphatic rings. The van der Waals surface area contributed by atoms with Gasteiger partial charge in [-0.3, -0.25) is 4.79 Å². The van der Waals surface area contributed by atoms with Crippen LogP contribution in [0.25, 0.3) is 0 Å². The van der Waals surface area contributed by atoms with Gasteiger partial charge in [0.1, 0.15) is 5.69 Å². The Balaban J connectivity index is 3.18. The second-order valence-electron chi connectivity index (χ2n) is 3.67. The van der Waals surface area contributed by atoms with E-state index in [4.69, 9.17) is 0 Å². The maximum Gasteiger partial charge on any atom is 0.170 e. The highest BCUT2D eigenvalue weighted by atomic mass is 16.1. The van der Waals surface area contributed by atoms with Crippen molar-refractivity contribution in [3.63, 3.8) is 0 Å². The van der Waals surface area contributed by atoms with Crippen molar-refractivity contribution >= 4 is 6.29 Å². The molecule has 0 N–H and O–H groups in total. The zero-order valence-corrected chi connectivity index (χ0v) is 8.48. The molecule has 0 saturated carbocycles. The van der Waals surface area contributed by atoms with Gasteiger partial charge in [-0.25, -0.2) is 4.68 Å². The van der Waals surface area contributed by atoms with Gasteiger partial charge in [-0.1, -0.05) is 19.1 Å². The molecular formula is C9H15N3O. The molecule has 72 valence electrons. The Morgan fingerprint density at radius 2 is 1.92 bits per heavy atom. The number of aromatic nitrogens is 3. The lowest BCUT2D eigenvalue weighted by atomic mass is 10.1. The maximum absolute atomic E-state index is 10.8. The normalized spacial score (nSPS) is 11.2. The molecule has 0 aromatic carbocycles. The van der Waals surface area contributed by atoms with Crippen molar-refractivity contribution in [1.29, 1.82) is 0 Å². The SMILES string of the molecule is CC(C)c1nnn(C(C)C)c1C=O. The van der Waals surface area contributed by atoms with Crippen molar-refractivity contribution in [1.82, 2.24) is 15.0 Å². The molecule has 4 heteroatoms. The molecule has 1 heterocycles. The van der Waals surface area contributed by atoms with Crippen LogP contribution in [0.5, 0.6) is 0 Å². The summed E-state index contributed by atoms with van der Waals surface area (Å²) in [5.74, 6) is 0.243. The number of carbonyl (C=O) groups excluding carboxylic acids is 1. The second kappa shape index (κ2) is 3.68. The summed E-state index contributed by atoms with van der Waals surface area (Å²) < 4.78 is 1.66. The quantitative estimate of drug-likeness (QED) is 0.668. The molecule has 0 aliphatic heterocycles. The predicted octanol–water partition coefficient (Wildman–Crippen LogP) is 1.79. The summed E-state index contributed by atoms with van der Waals surface area (Å²) in [5.41, 5.74) is 1.38. The van der Waals surface area contributed by atoms with Gasteiger partial charge in [0.15, 0.2) is 6.29 Å². The Hall–Kier alpha value is -1.19. The van der Waals surface area contributed by atoms with Crippen molar-refractivity contribution in [2.75, 3.05) is 0 Å². The first-order chi connectivity index (χ1) is 6.07. The first-order valence-corrected chi connectivity index (χ1v) is 4.48. The molecule has 1 rings (SSSR count). The summed E-state index contributed by atoms with van der Waals surface area (Å²) in [6.45, 7) is 7.96. The van der Waals surface area contributed by atoms with Crippen LogP contribution in [0.1, 0.15) is 55.8 Å². The van der Waals surface area contributed by atoms with Crippen LogP contribution in [-0.4, -0.2) is 21.3 Å². The lowest BCUT2D eigenvalue weighted by Gasteiger charge is -2.06. The van der Waals surface area contributed by atoms with E-state index in [1.807, 2.05) is 27.7 Å². The Kier molecular flexibility index (Phi) is 2.80. The van der Waals surface area contributed by atoms with Crippen molar-refractivity contribution < 1.29 is 4.79 Å².